The average Bonchev–Trinajstić information content (AvgIpc) is 2.26. The fraction of sp³-hybridized carbons (Fsp3) is 0.300. The predicted molar refractivity (Wildman–Crippen MR) is 66.7 cm³/mol. The zero-order valence-corrected chi connectivity index (χ0v) is 11.4. The number of sulfonamides is 1. The van der Waals surface area contributed by atoms with E-state index in [0.29, 0.717) is 0 Å². The van der Waals surface area contributed by atoms with Crippen molar-refractivity contribution in [3.63, 3.8) is 0 Å². The van der Waals surface area contributed by atoms with Gasteiger partial charge in [-0.05, 0) is 31.5 Å². The third kappa shape index (κ3) is 3.86. The van der Waals surface area contributed by atoms with E-state index in [1.807, 2.05) is 10.3 Å². The Morgan fingerprint density at radius 3 is 2.67 bits per heavy atom. The SMILES string of the molecule is CCOC(=O)NNS(=O)(=O)c1ccc(C)cc1Cl. The van der Waals surface area contributed by atoms with E-state index in [4.69, 9.17) is 11.6 Å². The first-order chi connectivity index (χ1) is 8.36. The molecular weight excluding hydrogens is 280 g/mol. The molecule has 18 heavy (non-hydrogen) atoms. The zero-order valence-electron chi connectivity index (χ0n) is 9.86. The molecule has 0 bridgehead atoms. The monoisotopic (exact) mass is 292 g/mol. The van der Waals surface area contributed by atoms with E-state index in [0.717, 1.165) is 5.56 Å². The first-order valence-electron chi connectivity index (χ1n) is 5.07. The van der Waals surface area contributed by atoms with Crippen LogP contribution in [0.1, 0.15) is 12.5 Å². The van der Waals surface area contributed by atoms with Gasteiger partial charge in [0.05, 0.1) is 11.6 Å². The van der Waals surface area contributed by atoms with Gasteiger partial charge in [-0.1, -0.05) is 17.7 Å². The number of aryl methyl sites for hydroxylation is 1. The van der Waals surface area contributed by atoms with E-state index in [1.54, 1.807) is 19.9 Å². The van der Waals surface area contributed by atoms with E-state index in [9.17, 15) is 13.2 Å². The van der Waals surface area contributed by atoms with Gasteiger partial charge in [-0.2, -0.15) is 0 Å². The van der Waals surface area contributed by atoms with Gasteiger partial charge in [0, 0.05) is 0 Å². The highest BCUT2D eigenvalue weighted by molar-refractivity contribution is 7.89. The molecule has 1 aromatic rings. The molecule has 0 aliphatic heterocycles. The van der Waals surface area contributed by atoms with Crippen molar-refractivity contribution in [3.05, 3.63) is 28.8 Å². The summed E-state index contributed by atoms with van der Waals surface area (Å²) in [6.07, 6.45) is -0.885. The van der Waals surface area contributed by atoms with Crippen LogP contribution in [0.25, 0.3) is 0 Å². The van der Waals surface area contributed by atoms with Crippen molar-refractivity contribution in [2.24, 2.45) is 0 Å². The fourth-order valence-corrected chi connectivity index (χ4v) is 2.59. The molecule has 0 heterocycles. The van der Waals surface area contributed by atoms with Crippen LogP contribution in [0.15, 0.2) is 23.1 Å². The molecule has 0 saturated carbocycles. The van der Waals surface area contributed by atoms with Crippen LogP contribution in [-0.2, 0) is 14.8 Å². The van der Waals surface area contributed by atoms with Crippen molar-refractivity contribution < 1.29 is 17.9 Å². The van der Waals surface area contributed by atoms with Crippen LogP contribution in [0.3, 0.4) is 0 Å². The van der Waals surface area contributed by atoms with E-state index < -0.39 is 16.1 Å². The summed E-state index contributed by atoms with van der Waals surface area (Å²) in [6.45, 7) is 3.52. The van der Waals surface area contributed by atoms with Crippen molar-refractivity contribution in [1.82, 2.24) is 10.3 Å². The number of hydrogen-bond acceptors (Lipinski definition) is 4. The number of hydrogen-bond donors (Lipinski definition) is 2. The second-order valence-corrected chi connectivity index (χ2v) is 5.44. The lowest BCUT2D eigenvalue weighted by Crippen LogP contribution is -2.41. The summed E-state index contributed by atoms with van der Waals surface area (Å²) in [4.78, 5) is 12.7. The van der Waals surface area contributed by atoms with Crippen LogP contribution in [0.2, 0.25) is 5.02 Å². The molecule has 0 atom stereocenters. The van der Waals surface area contributed by atoms with Crippen molar-refractivity contribution in [1.29, 1.82) is 0 Å². The summed E-state index contributed by atoms with van der Waals surface area (Å²) >= 11 is 5.83. The smallest absolute Gasteiger partial charge is 0.422 e. The molecule has 2 N–H and O–H groups in total. The molecule has 1 aromatic carbocycles. The molecule has 6 nitrogen and oxygen atoms in total. The first kappa shape index (κ1) is 14.7. The predicted octanol–water partition coefficient (Wildman–Crippen LogP) is 1.59. The molecule has 0 fully saturated rings. The van der Waals surface area contributed by atoms with Crippen molar-refractivity contribution in [2.45, 2.75) is 18.7 Å². The third-order valence-electron chi connectivity index (χ3n) is 1.94. The Hall–Kier alpha value is -1.31. The summed E-state index contributed by atoms with van der Waals surface area (Å²) in [5.74, 6) is 0. The second kappa shape index (κ2) is 6.03. The number of hydrazine groups is 1. The molecule has 100 valence electrons. The minimum absolute atomic E-state index is 0.0770. The summed E-state index contributed by atoms with van der Waals surface area (Å²) in [6, 6.07) is 4.47. The molecule has 1 amide bonds. The van der Waals surface area contributed by atoms with Gasteiger partial charge >= 0.3 is 6.09 Å². The minimum Gasteiger partial charge on any atom is -0.449 e. The Morgan fingerprint density at radius 1 is 1.44 bits per heavy atom. The quantitative estimate of drug-likeness (QED) is 0.825. The molecule has 0 radical (unpaired) electrons. The summed E-state index contributed by atoms with van der Waals surface area (Å²) in [5.41, 5.74) is 2.74. The lowest BCUT2D eigenvalue weighted by molar-refractivity contribution is 0.150. The Bertz CT molecular complexity index is 545. The molecule has 8 heteroatoms. The Morgan fingerprint density at radius 2 is 2.11 bits per heavy atom. The van der Waals surface area contributed by atoms with Gasteiger partial charge in [0.1, 0.15) is 4.90 Å². The molecule has 0 aromatic heterocycles. The topological polar surface area (TPSA) is 84.5 Å². The number of amides is 1. The largest absolute Gasteiger partial charge is 0.449 e. The zero-order chi connectivity index (χ0) is 13.8. The number of ether oxygens (including phenoxy) is 1. The maximum Gasteiger partial charge on any atom is 0.422 e. The average molecular weight is 293 g/mol. The highest BCUT2D eigenvalue weighted by atomic mass is 35.5. The molecule has 0 aliphatic carbocycles. The molecule has 0 aliphatic rings. The molecule has 1 rings (SSSR count). The van der Waals surface area contributed by atoms with Crippen molar-refractivity contribution >= 4 is 27.7 Å². The molecule has 0 spiro atoms. The normalized spacial score (nSPS) is 11.1. The van der Waals surface area contributed by atoms with Gasteiger partial charge in [0.15, 0.2) is 0 Å². The van der Waals surface area contributed by atoms with E-state index in [1.165, 1.54) is 12.1 Å². The maximum absolute atomic E-state index is 11.8. The number of benzene rings is 1. The standard InChI is InChI=1S/C10H13ClN2O4S/c1-3-17-10(14)12-13-18(15,16)9-5-4-7(2)6-8(9)11/h4-6,13H,3H2,1-2H3,(H,12,14). The van der Waals surface area contributed by atoms with E-state index in [2.05, 4.69) is 4.74 Å². The van der Waals surface area contributed by atoms with Gasteiger partial charge in [-0.15, -0.1) is 4.83 Å². The lowest BCUT2D eigenvalue weighted by atomic mass is 10.2. The number of carbonyl (C=O) groups excluding carboxylic acids is 1. The number of carbonyl (C=O) groups is 1. The van der Waals surface area contributed by atoms with Crippen molar-refractivity contribution in [2.75, 3.05) is 6.61 Å². The Balaban J connectivity index is 2.83. The maximum atomic E-state index is 11.8. The van der Waals surface area contributed by atoms with Crippen LogP contribution in [0.5, 0.6) is 0 Å². The van der Waals surface area contributed by atoms with E-state index in [-0.39, 0.29) is 16.5 Å². The van der Waals surface area contributed by atoms with Gasteiger partial charge < -0.3 is 4.74 Å². The highest BCUT2D eigenvalue weighted by Gasteiger charge is 2.18. The minimum atomic E-state index is -3.91. The lowest BCUT2D eigenvalue weighted by Gasteiger charge is -2.09. The Kier molecular flexibility index (Phi) is 4.94. The Labute approximate surface area is 110 Å². The van der Waals surface area contributed by atoms with Crippen LogP contribution in [-0.4, -0.2) is 21.1 Å². The number of nitrogens with one attached hydrogen (secondary N) is 2. The summed E-state index contributed by atoms with van der Waals surface area (Å²) in [5, 5.41) is 0.0770. The number of rotatable bonds is 4. The first-order valence-corrected chi connectivity index (χ1v) is 6.93. The van der Waals surface area contributed by atoms with E-state index >= 15 is 0 Å². The van der Waals surface area contributed by atoms with Crippen LogP contribution < -0.4 is 10.3 Å². The van der Waals surface area contributed by atoms with Gasteiger partial charge in [-0.3, -0.25) is 0 Å². The van der Waals surface area contributed by atoms with Crippen LogP contribution in [0.4, 0.5) is 4.79 Å². The summed E-state index contributed by atoms with van der Waals surface area (Å²) in [7, 11) is -3.91. The molecule has 0 saturated heterocycles. The van der Waals surface area contributed by atoms with Gasteiger partial charge in [-0.25, -0.2) is 18.6 Å². The molecular formula is C10H13ClN2O4S. The van der Waals surface area contributed by atoms with Gasteiger partial charge in [0.2, 0.25) is 0 Å². The van der Waals surface area contributed by atoms with Gasteiger partial charge in [0.25, 0.3) is 10.0 Å². The van der Waals surface area contributed by atoms with Crippen LogP contribution in [0, 0.1) is 6.92 Å². The van der Waals surface area contributed by atoms with Crippen molar-refractivity contribution in [3.8, 4) is 0 Å². The molecule has 0 unspecified atom stereocenters. The van der Waals surface area contributed by atoms with Crippen LogP contribution >= 0.6 is 11.6 Å². The fourth-order valence-electron chi connectivity index (χ4n) is 1.15. The third-order valence-corrected chi connectivity index (χ3v) is 3.67. The second-order valence-electron chi connectivity index (χ2n) is 3.38. The highest BCUT2D eigenvalue weighted by Crippen LogP contribution is 2.21. The summed E-state index contributed by atoms with van der Waals surface area (Å²) < 4.78 is 28.1. The number of halogens is 1.